The second-order valence-corrected chi connectivity index (χ2v) is 8.39. The van der Waals surface area contributed by atoms with Crippen LogP contribution < -0.4 is 9.62 Å². The van der Waals surface area contributed by atoms with Crippen LogP contribution in [0.4, 0.5) is 18.9 Å². The Balaban J connectivity index is 1.84. The highest BCUT2D eigenvalue weighted by atomic mass is 32.2. The molecule has 0 spiro atoms. The largest absolute Gasteiger partial charge is 0.416 e. The normalized spacial score (nSPS) is 15.4. The first-order valence-electron chi connectivity index (χ1n) is 8.59. The lowest BCUT2D eigenvalue weighted by Gasteiger charge is -2.18. The molecule has 0 aromatic heterocycles. The summed E-state index contributed by atoms with van der Waals surface area (Å²) in [7, 11) is -3.95. The summed E-state index contributed by atoms with van der Waals surface area (Å²) in [5.41, 5.74) is 0.794. The van der Waals surface area contributed by atoms with Gasteiger partial charge in [0, 0.05) is 25.2 Å². The van der Waals surface area contributed by atoms with Crippen LogP contribution in [-0.4, -0.2) is 20.9 Å². The number of hydrogen-bond donors (Lipinski definition) is 1. The molecule has 1 N–H and O–H groups in total. The van der Waals surface area contributed by atoms with Crippen LogP contribution in [0.15, 0.2) is 47.4 Å². The second-order valence-electron chi connectivity index (χ2n) is 6.68. The van der Waals surface area contributed by atoms with Crippen molar-refractivity contribution in [3.63, 3.8) is 0 Å². The van der Waals surface area contributed by atoms with Gasteiger partial charge < -0.3 is 4.90 Å². The van der Waals surface area contributed by atoms with Gasteiger partial charge in [0.15, 0.2) is 0 Å². The summed E-state index contributed by atoms with van der Waals surface area (Å²) in [6, 6.07) is 8.17. The number of hydrogen-bond acceptors (Lipinski definition) is 3. The van der Waals surface area contributed by atoms with Crippen molar-refractivity contribution in [3.8, 4) is 0 Å². The van der Waals surface area contributed by atoms with E-state index in [4.69, 9.17) is 0 Å². The van der Waals surface area contributed by atoms with Crippen LogP contribution >= 0.6 is 0 Å². The number of fused-ring (bicyclic) bond motifs is 1. The van der Waals surface area contributed by atoms with E-state index in [0.717, 1.165) is 17.7 Å². The van der Waals surface area contributed by atoms with Crippen molar-refractivity contribution in [2.24, 2.45) is 0 Å². The molecule has 1 heterocycles. The maximum atomic E-state index is 12.9. The molecule has 3 rings (SSSR count). The first kappa shape index (κ1) is 20.3. The third kappa shape index (κ3) is 4.05. The summed E-state index contributed by atoms with van der Waals surface area (Å²) in [6.45, 7) is 3.41. The van der Waals surface area contributed by atoms with Gasteiger partial charge in [-0.2, -0.15) is 13.2 Å². The minimum Gasteiger partial charge on any atom is -0.312 e. The monoisotopic (exact) mass is 412 g/mol. The van der Waals surface area contributed by atoms with Gasteiger partial charge in [-0.25, -0.2) is 13.1 Å². The number of sulfonamides is 1. The van der Waals surface area contributed by atoms with Crippen molar-refractivity contribution in [1.82, 2.24) is 4.72 Å². The summed E-state index contributed by atoms with van der Waals surface area (Å²) >= 11 is 0. The highest BCUT2D eigenvalue weighted by molar-refractivity contribution is 7.89. The van der Waals surface area contributed by atoms with Gasteiger partial charge in [-0.3, -0.25) is 4.79 Å². The number of rotatable bonds is 4. The Labute approximate surface area is 161 Å². The predicted octanol–water partition coefficient (Wildman–Crippen LogP) is 3.65. The highest BCUT2D eigenvalue weighted by Gasteiger charge is 2.31. The molecule has 1 aliphatic rings. The number of nitrogens with one attached hydrogen (secondary N) is 1. The fourth-order valence-electron chi connectivity index (χ4n) is 3.23. The van der Waals surface area contributed by atoms with E-state index in [9.17, 15) is 26.4 Å². The molecular formula is C19H19F3N2O3S. The number of halogens is 3. The number of carbonyl (C=O) groups is 1. The SMILES string of the molecule is CC(=O)N1CCc2cc(S(=O)(=O)NC(C)c3cccc(C(F)(F)F)c3)ccc21. The number of alkyl halides is 3. The summed E-state index contributed by atoms with van der Waals surface area (Å²) in [5.74, 6) is -0.120. The van der Waals surface area contributed by atoms with Crippen molar-refractivity contribution in [3.05, 3.63) is 59.2 Å². The molecule has 28 heavy (non-hydrogen) atoms. The number of amides is 1. The van der Waals surface area contributed by atoms with Gasteiger partial charge in [0.1, 0.15) is 0 Å². The minimum atomic E-state index is -4.50. The minimum absolute atomic E-state index is 0.00970. The molecular weight excluding hydrogens is 393 g/mol. The van der Waals surface area contributed by atoms with Crippen LogP contribution in [0.3, 0.4) is 0 Å². The lowest BCUT2D eigenvalue weighted by molar-refractivity contribution is -0.137. The standard InChI is InChI=1S/C19H19F3N2O3S/c1-12(14-4-3-5-16(10-14)19(20,21)22)23-28(26,27)17-6-7-18-15(11-17)8-9-24(18)13(2)25/h3-7,10-12,23H,8-9H2,1-2H3. The molecule has 0 bridgehead atoms. The topological polar surface area (TPSA) is 66.5 Å². The average Bonchev–Trinajstić information content (AvgIpc) is 3.04. The number of carbonyl (C=O) groups excluding carboxylic acids is 1. The average molecular weight is 412 g/mol. The Morgan fingerprint density at radius 1 is 1.18 bits per heavy atom. The van der Waals surface area contributed by atoms with Crippen LogP contribution in [0.2, 0.25) is 0 Å². The van der Waals surface area contributed by atoms with Crippen LogP contribution in [0.5, 0.6) is 0 Å². The molecule has 9 heteroatoms. The smallest absolute Gasteiger partial charge is 0.312 e. The molecule has 0 fully saturated rings. The molecule has 5 nitrogen and oxygen atoms in total. The van der Waals surface area contributed by atoms with Gasteiger partial charge in [0.05, 0.1) is 10.5 Å². The van der Waals surface area contributed by atoms with Gasteiger partial charge >= 0.3 is 6.18 Å². The molecule has 2 aromatic rings. The van der Waals surface area contributed by atoms with E-state index in [-0.39, 0.29) is 16.4 Å². The van der Waals surface area contributed by atoms with Crippen LogP contribution in [0.1, 0.15) is 36.6 Å². The van der Waals surface area contributed by atoms with Crippen molar-refractivity contribution < 1.29 is 26.4 Å². The summed E-state index contributed by atoms with van der Waals surface area (Å²) in [4.78, 5) is 13.2. The van der Waals surface area contributed by atoms with Crippen molar-refractivity contribution in [2.45, 2.75) is 37.4 Å². The quantitative estimate of drug-likeness (QED) is 0.834. The van der Waals surface area contributed by atoms with Gasteiger partial charge in [0.2, 0.25) is 15.9 Å². The molecule has 2 aromatic carbocycles. The van der Waals surface area contributed by atoms with Crippen molar-refractivity contribution in [2.75, 3.05) is 11.4 Å². The zero-order chi connectivity index (χ0) is 20.7. The van der Waals surface area contributed by atoms with E-state index in [1.54, 1.807) is 11.0 Å². The highest BCUT2D eigenvalue weighted by Crippen LogP contribution is 2.32. The number of benzene rings is 2. The third-order valence-electron chi connectivity index (χ3n) is 4.68. The van der Waals surface area contributed by atoms with Crippen LogP contribution in [0, 0.1) is 0 Å². The van der Waals surface area contributed by atoms with Gasteiger partial charge in [-0.05, 0) is 54.8 Å². The lowest BCUT2D eigenvalue weighted by Crippen LogP contribution is -2.27. The van der Waals surface area contributed by atoms with Gasteiger partial charge in [0.25, 0.3) is 0 Å². The molecule has 1 unspecified atom stereocenters. The molecule has 0 saturated heterocycles. The molecule has 1 amide bonds. The molecule has 0 radical (unpaired) electrons. The summed E-state index contributed by atoms with van der Waals surface area (Å²) in [5, 5.41) is 0. The molecule has 0 aliphatic carbocycles. The molecule has 0 saturated carbocycles. The fourth-order valence-corrected chi connectivity index (χ4v) is 4.51. The Bertz CT molecular complexity index is 1020. The lowest BCUT2D eigenvalue weighted by atomic mass is 10.1. The first-order chi connectivity index (χ1) is 13.0. The number of nitrogens with zero attached hydrogens (tertiary/aromatic N) is 1. The molecule has 1 aliphatic heterocycles. The number of anilines is 1. The Hall–Kier alpha value is -2.39. The van der Waals surface area contributed by atoms with E-state index in [2.05, 4.69) is 4.72 Å². The fraction of sp³-hybridized carbons (Fsp3) is 0.316. The summed E-state index contributed by atoms with van der Waals surface area (Å²) < 4.78 is 66.5. The van der Waals surface area contributed by atoms with Crippen molar-refractivity contribution >= 4 is 21.6 Å². The Morgan fingerprint density at radius 2 is 1.89 bits per heavy atom. The zero-order valence-electron chi connectivity index (χ0n) is 15.2. The maximum Gasteiger partial charge on any atom is 0.416 e. The molecule has 1 atom stereocenters. The Morgan fingerprint density at radius 3 is 2.54 bits per heavy atom. The molecule has 150 valence electrons. The van der Waals surface area contributed by atoms with E-state index in [0.29, 0.717) is 18.7 Å². The van der Waals surface area contributed by atoms with E-state index in [1.165, 1.54) is 38.1 Å². The predicted molar refractivity (Wildman–Crippen MR) is 98.4 cm³/mol. The van der Waals surface area contributed by atoms with Gasteiger partial charge in [-0.15, -0.1) is 0 Å². The second kappa shape index (κ2) is 7.21. The Kier molecular flexibility index (Phi) is 5.24. The third-order valence-corrected chi connectivity index (χ3v) is 6.22. The zero-order valence-corrected chi connectivity index (χ0v) is 16.1. The van der Waals surface area contributed by atoms with Crippen molar-refractivity contribution in [1.29, 1.82) is 0 Å². The van der Waals surface area contributed by atoms with E-state index in [1.807, 2.05) is 0 Å². The maximum absolute atomic E-state index is 12.9. The van der Waals surface area contributed by atoms with E-state index < -0.39 is 27.8 Å². The van der Waals surface area contributed by atoms with Crippen LogP contribution in [-0.2, 0) is 27.4 Å². The van der Waals surface area contributed by atoms with E-state index >= 15 is 0 Å². The first-order valence-corrected chi connectivity index (χ1v) is 10.1. The van der Waals surface area contributed by atoms with Gasteiger partial charge in [-0.1, -0.05) is 12.1 Å². The van der Waals surface area contributed by atoms with Crippen LogP contribution in [0.25, 0.3) is 0 Å². The summed E-state index contributed by atoms with van der Waals surface area (Å²) in [6.07, 6.45) is -3.96.